The van der Waals surface area contributed by atoms with Crippen LogP contribution in [0.3, 0.4) is 0 Å². The maximum atomic E-state index is 12.2. The van der Waals surface area contributed by atoms with E-state index in [-0.39, 0.29) is 12.0 Å². The van der Waals surface area contributed by atoms with Gasteiger partial charge in [-0.2, -0.15) is 24.9 Å². The Bertz CT molecular complexity index is 245. The molecule has 0 spiro atoms. The molecule has 0 aromatic rings. The molecule has 1 atom stereocenters. The lowest BCUT2D eigenvalue weighted by atomic mass is 9.80. The van der Waals surface area contributed by atoms with Crippen LogP contribution in [0.5, 0.6) is 0 Å². The Kier molecular flexibility index (Phi) is 4.18. The lowest BCUT2D eigenvalue weighted by molar-refractivity contribution is -0.130. The smallest absolute Gasteiger partial charge is 0.394 e. The molecule has 0 amide bonds. The van der Waals surface area contributed by atoms with E-state index in [0.29, 0.717) is 12.2 Å². The second-order valence-corrected chi connectivity index (χ2v) is 6.23. The van der Waals surface area contributed by atoms with E-state index in [1.807, 2.05) is 13.8 Å². The van der Waals surface area contributed by atoms with Gasteiger partial charge in [0.2, 0.25) is 0 Å². The number of hydrogen-bond donors (Lipinski definition) is 2. The zero-order valence-electron chi connectivity index (χ0n) is 9.52. The molecule has 16 heavy (non-hydrogen) atoms. The Labute approximate surface area is 98.0 Å². The SMILES string of the molecule is CC1(C)CSCC(CO)(NCC(F)(F)F)C1. The van der Waals surface area contributed by atoms with E-state index >= 15 is 0 Å². The van der Waals surface area contributed by atoms with Crippen molar-refractivity contribution in [1.82, 2.24) is 5.32 Å². The summed E-state index contributed by atoms with van der Waals surface area (Å²) in [7, 11) is 0. The highest BCUT2D eigenvalue weighted by Gasteiger charge is 2.42. The van der Waals surface area contributed by atoms with Crippen LogP contribution in [-0.2, 0) is 0 Å². The van der Waals surface area contributed by atoms with Crippen molar-refractivity contribution in [3.05, 3.63) is 0 Å². The number of halogens is 3. The predicted molar refractivity (Wildman–Crippen MR) is 59.6 cm³/mol. The third-order valence-corrected chi connectivity index (χ3v) is 4.40. The molecule has 1 aliphatic rings. The van der Waals surface area contributed by atoms with Gasteiger partial charge in [0.1, 0.15) is 0 Å². The van der Waals surface area contributed by atoms with Gasteiger partial charge in [0.15, 0.2) is 0 Å². The number of thioether (sulfide) groups is 1. The van der Waals surface area contributed by atoms with Crippen molar-refractivity contribution in [1.29, 1.82) is 0 Å². The normalized spacial score (nSPS) is 30.4. The predicted octanol–water partition coefficient (Wildman–Crippen LogP) is 2.03. The van der Waals surface area contributed by atoms with Crippen molar-refractivity contribution in [2.24, 2.45) is 5.41 Å². The van der Waals surface area contributed by atoms with Crippen LogP contribution in [0.2, 0.25) is 0 Å². The molecule has 1 rings (SSSR count). The molecule has 0 aliphatic carbocycles. The molecule has 2 N–H and O–H groups in total. The van der Waals surface area contributed by atoms with E-state index in [0.717, 1.165) is 5.75 Å². The molecule has 1 saturated heterocycles. The minimum absolute atomic E-state index is 0.0375. The molecule has 1 aliphatic heterocycles. The zero-order valence-corrected chi connectivity index (χ0v) is 10.3. The summed E-state index contributed by atoms with van der Waals surface area (Å²) in [5.74, 6) is 1.45. The van der Waals surface area contributed by atoms with Crippen LogP contribution in [0.15, 0.2) is 0 Å². The van der Waals surface area contributed by atoms with E-state index in [2.05, 4.69) is 5.32 Å². The van der Waals surface area contributed by atoms with Gasteiger partial charge in [-0.15, -0.1) is 0 Å². The average Bonchev–Trinajstić information content (AvgIpc) is 2.12. The first-order chi connectivity index (χ1) is 7.18. The molecule has 1 fully saturated rings. The van der Waals surface area contributed by atoms with Crippen LogP contribution >= 0.6 is 11.8 Å². The van der Waals surface area contributed by atoms with Crippen LogP contribution in [0.1, 0.15) is 20.3 Å². The Morgan fingerprint density at radius 2 is 1.94 bits per heavy atom. The van der Waals surface area contributed by atoms with Crippen LogP contribution < -0.4 is 5.32 Å². The average molecular weight is 257 g/mol. The molecule has 0 saturated carbocycles. The second-order valence-electron chi connectivity index (χ2n) is 5.24. The molecule has 2 nitrogen and oxygen atoms in total. The summed E-state index contributed by atoms with van der Waals surface area (Å²) < 4.78 is 36.5. The van der Waals surface area contributed by atoms with Crippen LogP contribution in [0, 0.1) is 5.41 Å². The fraction of sp³-hybridized carbons (Fsp3) is 1.00. The van der Waals surface area contributed by atoms with Crippen LogP contribution in [0.25, 0.3) is 0 Å². The van der Waals surface area contributed by atoms with Crippen LogP contribution in [-0.4, -0.2) is 41.5 Å². The molecule has 0 bridgehead atoms. The molecule has 96 valence electrons. The molecule has 0 radical (unpaired) electrons. The van der Waals surface area contributed by atoms with Crippen molar-refractivity contribution >= 4 is 11.8 Å². The Balaban J connectivity index is 2.63. The van der Waals surface area contributed by atoms with Crippen molar-refractivity contribution in [2.45, 2.75) is 32.0 Å². The third kappa shape index (κ3) is 4.14. The number of rotatable bonds is 3. The second kappa shape index (κ2) is 4.74. The van der Waals surface area contributed by atoms with E-state index in [9.17, 15) is 18.3 Å². The highest BCUT2D eigenvalue weighted by atomic mass is 32.2. The largest absolute Gasteiger partial charge is 0.401 e. The maximum absolute atomic E-state index is 12.2. The molecule has 0 aromatic carbocycles. The monoisotopic (exact) mass is 257 g/mol. The van der Waals surface area contributed by atoms with E-state index in [4.69, 9.17) is 0 Å². The summed E-state index contributed by atoms with van der Waals surface area (Å²) in [4.78, 5) is 0. The van der Waals surface area contributed by atoms with Crippen molar-refractivity contribution < 1.29 is 18.3 Å². The highest BCUT2D eigenvalue weighted by Crippen LogP contribution is 2.39. The Morgan fingerprint density at radius 1 is 1.31 bits per heavy atom. The molecular weight excluding hydrogens is 239 g/mol. The van der Waals surface area contributed by atoms with Gasteiger partial charge in [-0.3, -0.25) is 0 Å². The van der Waals surface area contributed by atoms with Gasteiger partial charge < -0.3 is 10.4 Å². The first-order valence-electron chi connectivity index (χ1n) is 5.19. The minimum Gasteiger partial charge on any atom is -0.394 e. The van der Waals surface area contributed by atoms with Crippen molar-refractivity contribution in [2.75, 3.05) is 24.7 Å². The topological polar surface area (TPSA) is 32.3 Å². The number of aliphatic hydroxyl groups excluding tert-OH is 1. The summed E-state index contributed by atoms with van der Waals surface area (Å²) in [6.07, 6.45) is -3.66. The van der Waals surface area contributed by atoms with Gasteiger partial charge in [0.05, 0.1) is 18.7 Å². The highest BCUT2D eigenvalue weighted by molar-refractivity contribution is 7.99. The Morgan fingerprint density at radius 3 is 2.38 bits per heavy atom. The molecule has 0 aromatic heterocycles. The van der Waals surface area contributed by atoms with E-state index in [1.165, 1.54) is 0 Å². The van der Waals surface area contributed by atoms with Gasteiger partial charge in [-0.05, 0) is 17.6 Å². The third-order valence-electron chi connectivity index (χ3n) is 2.65. The maximum Gasteiger partial charge on any atom is 0.401 e. The lowest BCUT2D eigenvalue weighted by Crippen LogP contribution is -2.58. The van der Waals surface area contributed by atoms with Gasteiger partial charge in [-0.25, -0.2) is 0 Å². The van der Waals surface area contributed by atoms with Crippen molar-refractivity contribution in [3.63, 3.8) is 0 Å². The number of alkyl halides is 3. The van der Waals surface area contributed by atoms with Gasteiger partial charge in [-0.1, -0.05) is 13.8 Å². The summed E-state index contributed by atoms with van der Waals surface area (Å²) in [5.41, 5.74) is -0.827. The van der Waals surface area contributed by atoms with Gasteiger partial charge in [0, 0.05) is 5.75 Å². The van der Waals surface area contributed by atoms with E-state index < -0.39 is 18.3 Å². The summed E-state index contributed by atoms with van der Waals surface area (Å²) >= 11 is 1.59. The lowest BCUT2D eigenvalue weighted by Gasteiger charge is -2.44. The summed E-state index contributed by atoms with van der Waals surface area (Å²) in [6, 6.07) is 0. The minimum atomic E-state index is -4.23. The number of nitrogens with one attached hydrogen (secondary N) is 1. The van der Waals surface area contributed by atoms with Gasteiger partial charge >= 0.3 is 6.18 Å². The standard InChI is InChI=1S/C10H18F3NOS/c1-8(2)3-9(5-15,7-16-6-8)14-4-10(11,12)13/h14-15H,3-7H2,1-2H3. The quantitative estimate of drug-likeness (QED) is 0.811. The molecule has 1 unspecified atom stereocenters. The van der Waals surface area contributed by atoms with E-state index in [1.54, 1.807) is 11.8 Å². The fourth-order valence-corrected chi connectivity index (χ4v) is 3.54. The van der Waals surface area contributed by atoms with Gasteiger partial charge in [0.25, 0.3) is 0 Å². The zero-order chi connectivity index (χ0) is 12.4. The molecule has 6 heteroatoms. The molecular formula is C10H18F3NOS. The fourth-order valence-electron chi connectivity index (χ4n) is 2.10. The summed E-state index contributed by atoms with van der Waals surface area (Å²) in [5, 5.41) is 11.8. The number of hydrogen-bond acceptors (Lipinski definition) is 3. The first-order valence-corrected chi connectivity index (χ1v) is 6.34. The number of aliphatic hydroxyl groups is 1. The molecule has 1 heterocycles. The first kappa shape index (κ1) is 14.1. The van der Waals surface area contributed by atoms with Crippen molar-refractivity contribution in [3.8, 4) is 0 Å². The van der Waals surface area contributed by atoms with Crippen LogP contribution in [0.4, 0.5) is 13.2 Å². The summed E-state index contributed by atoms with van der Waals surface area (Å²) in [6.45, 7) is 2.74. The Hall–Kier alpha value is 0.0600.